The van der Waals surface area contributed by atoms with Crippen LogP contribution < -0.4 is 5.32 Å². The zero-order chi connectivity index (χ0) is 13.5. The van der Waals surface area contributed by atoms with Gasteiger partial charge in [0.2, 0.25) is 5.91 Å². The summed E-state index contributed by atoms with van der Waals surface area (Å²) in [4.78, 5) is 11.8. The molecule has 0 radical (unpaired) electrons. The minimum atomic E-state index is 0.0141. The molecule has 106 valence electrons. The Bertz CT molecular complexity index is 253. The maximum Gasteiger partial charge on any atom is 0.220 e. The van der Waals surface area contributed by atoms with Crippen LogP contribution in [0.1, 0.15) is 33.1 Å². The fraction of sp³-hybridized carbons (Fsp3) is 0.923. The van der Waals surface area contributed by atoms with Crippen molar-refractivity contribution in [3.05, 3.63) is 0 Å². The third-order valence-electron chi connectivity index (χ3n) is 3.50. The predicted octanol–water partition coefficient (Wildman–Crippen LogP) is 1.42. The van der Waals surface area contributed by atoms with E-state index in [0.717, 1.165) is 19.4 Å². The quantitative estimate of drug-likeness (QED) is 0.703. The molecule has 0 heterocycles. The molecule has 0 aromatic rings. The van der Waals surface area contributed by atoms with Crippen molar-refractivity contribution in [2.75, 3.05) is 19.5 Å². The van der Waals surface area contributed by atoms with Gasteiger partial charge in [-0.25, -0.2) is 0 Å². The number of hydrogen-bond acceptors (Lipinski definition) is 4. The lowest BCUT2D eigenvalue weighted by Gasteiger charge is -2.34. The first kappa shape index (κ1) is 15.8. The molecule has 5 heteroatoms. The third kappa shape index (κ3) is 4.78. The Morgan fingerprint density at radius 3 is 2.72 bits per heavy atom. The lowest BCUT2D eigenvalue weighted by Crippen LogP contribution is -2.43. The molecule has 2 N–H and O–H groups in total. The van der Waals surface area contributed by atoms with Gasteiger partial charge < -0.3 is 15.2 Å². The summed E-state index contributed by atoms with van der Waals surface area (Å²) in [6.45, 7) is 4.79. The molecule has 2 unspecified atom stereocenters. The average molecular weight is 275 g/mol. The Morgan fingerprint density at radius 2 is 2.22 bits per heavy atom. The van der Waals surface area contributed by atoms with Crippen molar-refractivity contribution in [3.8, 4) is 0 Å². The van der Waals surface area contributed by atoms with Crippen molar-refractivity contribution in [1.29, 1.82) is 0 Å². The van der Waals surface area contributed by atoms with Gasteiger partial charge in [0.15, 0.2) is 0 Å². The molecule has 1 amide bonds. The lowest BCUT2D eigenvalue weighted by molar-refractivity contribution is -0.124. The van der Waals surface area contributed by atoms with Crippen LogP contribution in [0.25, 0.3) is 0 Å². The molecule has 0 aliphatic heterocycles. The van der Waals surface area contributed by atoms with Crippen LogP contribution in [0.3, 0.4) is 0 Å². The maximum absolute atomic E-state index is 11.8. The van der Waals surface area contributed by atoms with Crippen LogP contribution in [0.2, 0.25) is 0 Å². The number of carbonyl (C=O) groups excluding carboxylic acids is 1. The molecule has 1 saturated carbocycles. The second kappa shape index (κ2) is 8.02. The summed E-state index contributed by atoms with van der Waals surface area (Å²) >= 11 is 1.58. The molecule has 1 aliphatic rings. The van der Waals surface area contributed by atoms with Crippen LogP contribution in [0.15, 0.2) is 0 Å². The number of hydrogen-bond donors (Lipinski definition) is 2. The Labute approximate surface area is 114 Å². The maximum atomic E-state index is 11.8. The van der Waals surface area contributed by atoms with Gasteiger partial charge in [-0.15, -0.1) is 0 Å². The SMILES string of the molecule is CCOC1CC(CC(=O)NC(C)C(CO)SC)C1. The van der Waals surface area contributed by atoms with E-state index in [2.05, 4.69) is 5.32 Å². The van der Waals surface area contributed by atoms with Crippen molar-refractivity contribution in [2.45, 2.75) is 50.5 Å². The van der Waals surface area contributed by atoms with E-state index in [1.165, 1.54) is 0 Å². The molecular weight excluding hydrogens is 250 g/mol. The predicted molar refractivity (Wildman–Crippen MR) is 74.7 cm³/mol. The Balaban J connectivity index is 2.18. The second-order valence-corrected chi connectivity index (χ2v) is 6.01. The van der Waals surface area contributed by atoms with Crippen LogP contribution >= 0.6 is 11.8 Å². The van der Waals surface area contributed by atoms with Crippen molar-refractivity contribution in [3.63, 3.8) is 0 Å². The normalized spacial score (nSPS) is 26.2. The third-order valence-corrected chi connectivity index (χ3v) is 4.66. The number of nitrogens with one attached hydrogen (secondary N) is 1. The number of carbonyl (C=O) groups is 1. The van der Waals surface area contributed by atoms with Gasteiger partial charge in [0.1, 0.15) is 0 Å². The standard InChI is InChI=1S/C13H25NO3S/c1-4-17-11-5-10(6-11)7-13(16)14-9(2)12(8-15)18-3/h9-12,15H,4-8H2,1-3H3,(H,14,16). The van der Waals surface area contributed by atoms with Gasteiger partial charge >= 0.3 is 0 Å². The smallest absolute Gasteiger partial charge is 0.220 e. The molecular formula is C13H25NO3S. The highest BCUT2D eigenvalue weighted by Gasteiger charge is 2.31. The molecule has 2 atom stereocenters. The average Bonchev–Trinajstić information content (AvgIpc) is 2.27. The minimum absolute atomic E-state index is 0.0141. The highest BCUT2D eigenvalue weighted by atomic mass is 32.2. The van der Waals surface area contributed by atoms with Crippen molar-refractivity contribution in [2.24, 2.45) is 5.92 Å². The summed E-state index contributed by atoms with van der Waals surface area (Å²) in [6, 6.07) is 0.0141. The molecule has 0 spiro atoms. The lowest BCUT2D eigenvalue weighted by atomic mass is 9.80. The van der Waals surface area contributed by atoms with Crippen LogP contribution in [-0.2, 0) is 9.53 Å². The molecule has 0 bridgehead atoms. The van der Waals surface area contributed by atoms with Crippen LogP contribution in [0.5, 0.6) is 0 Å². The number of amides is 1. The van der Waals surface area contributed by atoms with Gasteiger partial charge in [-0.05, 0) is 38.9 Å². The van der Waals surface area contributed by atoms with Gasteiger partial charge in [-0.3, -0.25) is 4.79 Å². The van der Waals surface area contributed by atoms with E-state index in [0.29, 0.717) is 18.4 Å². The Morgan fingerprint density at radius 1 is 1.56 bits per heavy atom. The molecule has 18 heavy (non-hydrogen) atoms. The number of aliphatic hydroxyl groups is 1. The molecule has 1 fully saturated rings. The fourth-order valence-electron chi connectivity index (χ4n) is 2.32. The summed E-state index contributed by atoms with van der Waals surface area (Å²) < 4.78 is 5.48. The number of rotatable bonds is 8. The van der Waals surface area contributed by atoms with E-state index in [1.54, 1.807) is 11.8 Å². The number of aliphatic hydroxyl groups excluding tert-OH is 1. The topological polar surface area (TPSA) is 58.6 Å². The molecule has 1 aliphatic carbocycles. The summed E-state index contributed by atoms with van der Waals surface area (Å²) in [5.41, 5.74) is 0. The van der Waals surface area contributed by atoms with Gasteiger partial charge in [-0.1, -0.05) is 0 Å². The van der Waals surface area contributed by atoms with Gasteiger partial charge in [0, 0.05) is 24.3 Å². The molecule has 0 aromatic carbocycles. The first-order valence-corrected chi connectivity index (χ1v) is 7.94. The number of thioether (sulfide) groups is 1. The summed E-state index contributed by atoms with van der Waals surface area (Å²) in [5, 5.41) is 12.2. The van der Waals surface area contributed by atoms with E-state index in [9.17, 15) is 4.79 Å². The second-order valence-electron chi connectivity index (χ2n) is 4.93. The molecule has 0 aromatic heterocycles. The van der Waals surface area contributed by atoms with Crippen molar-refractivity contribution >= 4 is 17.7 Å². The highest BCUT2D eigenvalue weighted by molar-refractivity contribution is 7.99. The van der Waals surface area contributed by atoms with Gasteiger partial charge in [0.05, 0.1) is 12.7 Å². The van der Waals surface area contributed by atoms with E-state index in [-0.39, 0.29) is 23.8 Å². The monoisotopic (exact) mass is 275 g/mol. The van der Waals surface area contributed by atoms with E-state index < -0.39 is 0 Å². The molecule has 4 nitrogen and oxygen atoms in total. The fourth-order valence-corrected chi connectivity index (χ4v) is 2.94. The van der Waals surface area contributed by atoms with Crippen LogP contribution in [-0.4, -0.2) is 47.9 Å². The number of ether oxygens (including phenoxy) is 1. The van der Waals surface area contributed by atoms with Gasteiger partial charge in [-0.2, -0.15) is 11.8 Å². The molecule has 0 saturated heterocycles. The Hall–Kier alpha value is -0.260. The van der Waals surface area contributed by atoms with Crippen molar-refractivity contribution in [1.82, 2.24) is 5.32 Å². The molecule has 1 rings (SSSR count). The minimum Gasteiger partial charge on any atom is -0.395 e. The van der Waals surface area contributed by atoms with Crippen LogP contribution in [0, 0.1) is 5.92 Å². The van der Waals surface area contributed by atoms with E-state index in [4.69, 9.17) is 9.84 Å². The largest absolute Gasteiger partial charge is 0.395 e. The van der Waals surface area contributed by atoms with E-state index >= 15 is 0 Å². The first-order chi connectivity index (χ1) is 8.60. The zero-order valence-electron chi connectivity index (χ0n) is 11.5. The highest BCUT2D eigenvalue weighted by Crippen LogP contribution is 2.32. The van der Waals surface area contributed by atoms with Crippen LogP contribution in [0.4, 0.5) is 0 Å². The summed E-state index contributed by atoms with van der Waals surface area (Å²) in [5.74, 6) is 0.561. The summed E-state index contributed by atoms with van der Waals surface area (Å²) in [6.07, 6.45) is 4.90. The van der Waals surface area contributed by atoms with E-state index in [1.807, 2.05) is 20.1 Å². The zero-order valence-corrected chi connectivity index (χ0v) is 12.3. The summed E-state index contributed by atoms with van der Waals surface area (Å²) in [7, 11) is 0. The first-order valence-electron chi connectivity index (χ1n) is 6.65. The Kier molecular flexibility index (Phi) is 7.04. The van der Waals surface area contributed by atoms with Gasteiger partial charge in [0.25, 0.3) is 0 Å². The van der Waals surface area contributed by atoms with Crippen molar-refractivity contribution < 1.29 is 14.6 Å².